The highest BCUT2D eigenvalue weighted by Gasteiger charge is 1.99. The Morgan fingerprint density at radius 2 is 2.19 bits per heavy atom. The van der Waals surface area contributed by atoms with E-state index < -0.39 is 0 Å². The summed E-state index contributed by atoms with van der Waals surface area (Å²) < 4.78 is 10.3. The molecule has 1 rings (SSSR count). The van der Waals surface area contributed by atoms with Crippen molar-refractivity contribution in [2.45, 2.75) is 13.3 Å². The van der Waals surface area contributed by atoms with E-state index in [9.17, 15) is 0 Å². The van der Waals surface area contributed by atoms with Crippen LogP contribution in [0.15, 0.2) is 18.2 Å². The molecule has 0 fully saturated rings. The van der Waals surface area contributed by atoms with Gasteiger partial charge in [-0.2, -0.15) is 0 Å². The van der Waals surface area contributed by atoms with Crippen LogP contribution in [-0.2, 0) is 4.74 Å². The SMILES string of the molecule is CCOCCCNc1ccc(OC)cc1N. The standard InChI is InChI=1S/C12H20N2O2/c1-3-16-8-4-7-14-12-6-5-10(15-2)9-11(12)13/h5-6,9,14H,3-4,7-8,13H2,1-2H3. The Hall–Kier alpha value is -1.42. The minimum atomic E-state index is 0.704. The Morgan fingerprint density at radius 3 is 2.81 bits per heavy atom. The van der Waals surface area contributed by atoms with Crippen LogP contribution in [0, 0.1) is 0 Å². The molecule has 0 spiro atoms. The molecule has 0 saturated carbocycles. The van der Waals surface area contributed by atoms with E-state index in [0.29, 0.717) is 5.69 Å². The fourth-order valence-corrected chi connectivity index (χ4v) is 1.37. The number of hydrogen-bond donors (Lipinski definition) is 2. The van der Waals surface area contributed by atoms with Crippen LogP contribution in [0.2, 0.25) is 0 Å². The molecule has 0 aliphatic heterocycles. The first-order valence-electron chi connectivity index (χ1n) is 5.53. The van der Waals surface area contributed by atoms with Gasteiger partial charge >= 0.3 is 0 Å². The summed E-state index contributed by atoms with van der Waals surface area (Å²) in [4.78, 5) is 0. The van der Waals surface area contributed by atoms with Gasteiger partial charge in [0, 0.05) is 25.8 Å². The molecule has 1 aromatic rings. The highest BCUT2D eigenvalue weighted by Crippen LogP contribution is 2.23. The molecular formula is C12H20N2O2. The van der Waals surface area contributed by atoms with Crippen LogP contribution in [0.3, 0.4) is 0 Å². The summed E-state index contributed by atoms with van der Waals surface area (Å²) in [5.74, 6) is 0.775. The second kappa shape index (κ2) is 6.95. The molecule has 0 amide bonds. The van der Waals surface area contributed by atoms with Gasteiger partial charge in [0.2, 0.25) is 0 Å². The molecule has 1 aromatic carbocycles. The summed E-state index contributed by atoms with van der Waals surface area (Å²) >= 11 is 0. The monoisotopic (exact) mass is 224 g/mol. The first kappa shape index (κ1) is 12.6. The number of nitrogens with two attached hydrogens (primary N) is 1. The van der Waals surface area contributed by atoms with E-state index >= 15 is 0 Å². The molecule has 4 nitrogen and oxygen atoms in total. The number of nitrogens with one attached hydrogen (secondary N) is 1. The molecule has 0 heterocycles. The number of ether oxygens (including phenoxy) is 2. The molecule has 3 N–H and O–H groups in total. The summed E-state index contributed by atoms with van der Waals surface area (Å²) in [5, 5.41) is 3.26. The van der Waals surface area contributed by atoms with Gasteiger partial charge in [-0.25, -0.2) is 0 Å². The lowest BCUT2D eigenvalue weighted by Gasteiger charge is -2.10. The molecule has 0 atom stereocenters. The number of rotatable bonds is 7. The van der Waals surface area contributed by atoms with Gasteiger partial charge in [0.1, 0.15) is 5.75 Å². The van der Waals surface area contributed by atoms with E-state index in [-0.39, 0.29) is 0 Å². The second-order valence-electron chi connectivity index (χ2n) is 3.43. The summed E-state index contributed by atoms with van der Waals surface area (Å²) in [6.07, 6.45) is 0.972. The average Bonchev–Trinajstić information content (AvgIpc) is 2.30. The summed E-state index contributed by atoms with van der Waals surface area (Å²) in [6, 6.07) is 5.63. The largest absolute Gasteiger partial charge is 0.497 e. The first-order valence-corrected chi connectivity index (χ1v) is 5.53. The smallest absolute Gasteiger partial charge is 0.121 e. The van der Waals surface area contributed by atoms with Crippen LogP contribution < -0.4 is 15.8 Å². The lowest BCUT2D eigenvalue weighted by molar-refractivity contribution is 0.147. The maximum Gasteiger partial charge on any atom is 0.121 e. The molecular weight excluding hydrogens is 204 g/mol. The highest BCUT2D eigenvalue weighted by atomic mass is 16.5. The molecule has 0 bridgehead atoms. The van der Waals surface area contributed by atoms with Crippen LogP contribution in [0.5, 0.6) is 5.75 Å². The van der Waals surface area contributed by atoms with E-state index in [1.165, 1.54) is 0 Å². The fourth-order valence-electron chi connectivity index (χ4n) is 1.37. The average molecular weight is 224 g/mol. The van der Waals surface area contributed by atoms with Crippen molar-refractivity contribution in [3.8, 4) is 5.75 Å². The molecule has 0 unspecified atom stereocenters. The van der Waals surface area contributed by atoms with E-state index in [2.05, 4.69) is 5.32 Å². The van der Waals surface area contributed by atoms with Crippen molar-refractivity contribution in [3.63, 3.8) is 0 Å². The predicted octanol–water partition coefficient (Wildman–Crippen LogP) is 2.12. The van der Waals surface area contributed by atoms with Crippen LogP contribution in [0.1, 0.15) is 13.3 Å². The Morgan fingerprint density at radius 1 is 1.38 bits per heavy atom. The van der Waals surface area contributed by atoms with Crippen LogP contribution in [0.25, 0.3) is 0 Å². The van der Waals surface area contributed by atoms with Crippen molar-refractivity contribution in [1.82, 2.24) is 0 Å². The number of nitrogen functional groups attached to an aromatic ring is 1. The Bertz CT molecular complexity index is 316. The van der Waals surface area contributed by atoms with E-state index in [1.807, 2.05) is 25.1 Å². The van der Waals surface area contributed by atoms with Gasteiger partial charge in [-0.05, 0) is 25.5 Å². The number of hydrogen-bond acceptors (Lipinski definition) is 4. The van der Waals surface area contributed by atoms with Crippen molar-refractivity contribution in [1.29, 1.82) is 0 Å². The zero-order chi connectivity index (χ0) is 11.8. The van der Waals surface area contributed by atoms with Gasteiger partial charge in [-0.1, -0.05) is 0 Å². The zero-order valence-corrected chi connectivity index (χ0v) is 9.95. The predicted molar refractivity (Wildman–Crippen MR) is 67.0 cm³/mol. The molecule has 0 aromatic heterocycles. The first-order chi connectivity index (χ1) is 7.77. The lowest BCUT2D eigenvalue weighted by atomic mass is 10.2. The zero-order valence-electron chi connectivity index (χ0n) is 9.95. The summed E-state index contributed by atoms with van der Waals surface area (Å²) in [7, 11) is 1.63. The number of benzene rings is 1. The fraction of sp³-hybridized carbons (Fsp3) is 0.500. The minimum absolute atomic E-state index is 0.704. The van der Waals surface area contributed by atoms with Crippen LogP contribution in [0.4, 0.5) is 11.4 Å². The quantitative estimate of drug-likeness (QED) is 0.550. The third kappa shape index (κ3) is 3.98. The van der Waals surface area contributed by atoms with Gasteiger partial charge in [0.05, 0.1) is 18.5 Å². The van der Waals surface area contributed by atoms with Gasteiger partial charge in [-0.3, -0.25) is 0 Å². The van der Waals surface area contributed by atoms with Crippen molar-refractivity contribution in [2.24, 2.45) is 0 Å². The minimum Gasteiger partial charge on any atom is -0.497 e. The molecule has 0 aliphatic carbocycles. The van der Waals surface area contributed by atoms with Gasteiger partial charge in [0.15, 0.2) is 0 Å². The molecule has 90 valence electrons. The van der Waals surface area contributed by atoms with Gasteiger partial charge in [0.25, 0.3) is 0 Å². The van der Waals surface area contributed by atoms with E-state index in [0.717, 1.165) is 37.6 Å². The third-order valence-electron chi connectivity index (χ3n) is 2.24. The second-order valence-corrected chi connectivity index (χ2v) is 3.43. The molecule has 0 saturated heterocycles. The number of methoxy groups -OCH3 is 1. The van der Waals surface area contributed by atoms with Crippen molar-refractivity contribution in [3.05, 3.63) is 18.2 Å². The van der Waals surface area contributed by atoms with E-state index in [4.69, 9.17) is 15.2 Å². The third-order valence-corrected chi connectivity index (χ3v) is 2.24. The van der Waals surface area contributed by atoms with Crippen molar-refractivity contribution < 1.29 is 9.47 Å². The van der Waals surface area contributed by atoms with Crippen molar-refractivity contribution >= 4 is 11.4 Å². The lowest BCUT2D eigenvalue weighted by Crippen LogP contribution is -2.07. The maximum absolute atomic E-state index is 5.86. The molecule has 4 heteroatoms. The van der Waals surface area contributed by atoms with Crippen molar-refractivity contribution in [2.75, 3.05) is 37.9 Å². The number of anilines is 2. The van der Waals surface area contributed by atoms with E-state index in [1.54, 1.807) is 7.11 Å². The van der Waals surface area contributed by atoms with Crippen LogP contribution >= 0.6 is 0 Å². The Labute approximate surface area is 96.7 Å². The normalized spacial score (nSPS) is 10.1. The molecule has 0 aliphatic rings. The highest BCUT2D eigenvalue weighted by molar-refractivity contribution is 5.68. The summed E-state index contributed by atoms with van der Waals surface area (Å²) in [6.45, 7) is 4.40. The summed E-state index contributed by atoms with van der Waals surface area (Å²) in [5.41, 5.74) is 7.51. The van der Waals surface area contributed by atoms with Crippen LogP contribution in [-0.4, -0.2) is 26.9 Å². The Balaban J connectivity index is 2.36. The molecule has 0 radical (unpaired) electrons. The van der Waals surface area contributed by atoms with Gasteiger partial charge in [-0.15, -0.1) is 0 Å². The maximum atomic E-state index is 5.86. The Kier molecular flexibility index (Phi) is 5.50. The van der Waals surface area contributed by atoms with Gasteiger partial charge < -0.3 is 20.5 Å². The molecule has 16 heavy (non-hydrogen) atoms. The topological polar surface area (TPSA) is 56.5 Å².